The van der Waals surface area contributed by atoms with Crippen LogP contribution >= 0.6 is 0 Å². The van der Waals surface area contributed by atoms with E-state index in [1.165, 1.54) is 18.2 Å². The van der Waals surface area contributed by atoms with E-state index >= 15 is 0 Å². The predicted octanol–water partition coefficient (Wildman–Crippen LogP) is 3.40. The lowest BCUT2D eigenvalue weighted by atomic mass is 9.96. The average molecular weight is 293 g/mol. The van der Waals surface area contributed by atoms with Gasteiger partial charge in [-0.1, -0.05) is 13.0 Å². The number of aromatic nitrogens is 2. The monoisotopic (exact) mass is 293 g/mol. The van der Waals surface area contributed by atoms with Crippen LogP contribution in [0.3, 0.4) is 0 Å². The molecule has 1 unspecified atom stereocenters. The summed E-state index contributed by atoms with van der Waals surface area (Å²) in [5.41, 5.74) is 2.59. The van der Waals surface area contributed by atoms with Crippen LogP contribution in [0.5, 0.6) is 0 Å². The molecule has 0 bridgehead atoms. The third-order valence-electron chi connectivity index (χ3n) is 3.74. The van der Waals surface area contributed by atoms with Crippen LogP contribution < -0.4 is 5.32 Å². The highest BCUT2D eigenvalue weighted by Crippen LogP contribution is 2.30. The zero-order chi connectivity index (χ0) is 15.6. The molecule has 1 aromatic heterocycles. The van der Waals surface area contributed by atoms with E-state index in [2.05, 4.69) is 10.4 Å². The van der Waals surface area contributed by atoms with E-state index < -0.39 is 17.7 Å². The number of benzene rings is 1. The number of nitrogens with one attached hydrogen (secondary N) is 1. The van der Waals surface area contributed by atoms with Gasteiger partial charge in [0.15, 0.2) is 0 Å². The van der Waals surface area contributed by atoms with Gasteiger partial charge in [-0.3, -0.25) is 4.68 Å². The first-order valence-electron chi connectivity index (χ1n) is 7.14. The number of nitrogens with zero attached hydrogens (tertiary/aromatic N) is 2. The van der Waals surface area contributed by atoms with E-state index in [0.717, 1.165) is 23.4 Å². The Hall–Kier alpha value is -1.75. The second-order valence-corrected chi connectivity index (χ2v) is 5.23. The van der Waals surface area contributed by atoms with Gasteiger partial charge in [0.05, 0.1) is 11.7 Å². The van der Waals surface area contributed by atoms with Gasteiger partial charge in [-0.25, -0.2) is 8.78 Å². The van der Waals surface area contributed by atoms with Crippen molar-refractivity contribution in [3.8, 4) is 0 Å². The molecule has 0 amide bonds. The van der Waals surface area contributed by atoms with Crippen molar-refractivity contribution in [2.24, 2.45) is 7.05 Å². The maximum absolute atomic E-state index is 14.2. The highest BCUT2D eigenvalue weighted by atomic mass is 19.1. The van der Waals surface area contributed by atoms with Gasteiger partial charge in [0.2, 0.25) is 0 Å². The molecule has 0 aliphatic heterocycles. The molecule has 1 N–H and O–H groups in total. The Bertz CT molecular complexity index is 614. The third-order valence-corrected chi connectivity index (χ3v) is 3.74. The van der Waals surface area contributed by atoms with Gasteiger partial charge in [-0.05, 0) is 38.9 Å². The van der Waals surface area contributed by atoms with Crippen LogP contribution in [-0.2, 0) is 7.05 Å². The fourth-order valence-electron chi connectivity index (χ4n) is 2.63. The molecule has 5 heteroatoms. The van der Waals surface area contributed by atoms with E-state index in [-0.39, 0.29) is 5.56 Å². The quantitative estimate of drug-likeness (QED) is 0.915. The van der Waals surface area contributed by atoms with Crippen LogP contribution in [0.25, 0.3) is 0 Å². The zero-order valence-electron chi connectivity index (χ0n) is 12.9. The van der Waals surface area contributed by atoms with E-state index in [1.807, 2.05) is 27.8 Å². The molecular weight excluding hydrogens is 272 g/mol. The Kier molecular flexibility index (Phi) is 4.73. The maximum Gasteiger partial charge on any atom is 0.131 e. The van der Waals surface area contributed by atoms with Gasteiger partial charge < -0.3 is 5.32 Å². The molecule has 0 radical (unpaired) electrons. The first-order valence-corrected chi connectivity index (χ1v) is 7.14. The van der Waals surface area contributed by atoms with Crippen LogP contribution in [0.1, 0.15) is 41.9 Å². The van der Waals surface area contributed by atoms with Crippen LogP contribution in [0.4, 0.5) is 8.78 Å². The molecule has 1 heterocycles. The smallest absolute Gasteiger partial charge is 0.131 e. The highest BCUT2D eigenvalue weighted by molar-refractivity contribution is 5.38. The molecule has 1 aromatic carbocycles. The van der Waals surface area contributed by atoms with Crippen molar-refractivity contribution in [2.45, 2.75) is 33.2 Å². The van der Waals surface area contributed by atoms with Crippen molar-refractivity contribution in [3.05, 3.63) is 52.3 Å². The van der Waals surface area contributed by atoms with Crippen molar-refractivity contribution >= 4 is 0 Å². The molecule has 2 aromatic rings. The van der Waals surface area contributed by atoms with Crippen LogP contribution in [0, 0.1) is 25.5 Å². The molecular formula is C16H21F2N3. The molecule has 1 atom stereocenters. The summed E-state index contributed by atoms with van der Waals surface area (Å²) < 4.78 is 30.1. The molecule has 0 aliphatic rings. The molecule has 0 spiro atoms. The first-order chi connectivity index (χ1) is 9.97. The fourth-order valence-corrected chi connectivity index (χ4v) is 2.63. The standard InChI is InChI=1S/C16H21F2N3/c1-5-9-19-16(14-10(2)20-21(4)11(14)3)15-12(17)7-6-8-13(15)18/h6-8,16,19H,5,9H2,1-4H3. The fraction of sp³-hybridized carbons (Fsp3) is 0.438. The summed E-state index contributed by atoms with van der Waals surface area (Å²) in [6, 6.07) is 3.44. The molecule has 114 valence electrons. The topological polar surface area (TPSA) is 29.9 Å². The first kappa shape index (κ1) is 15.6. The van der Waals surface area contributed by atoms with Gasteiger partial charge in [-0.2, -0.15) is 5.10 Å². The average Bonchev–Trinajstić information content (AvgIpc) is 2.67. The molecule has 0 aliphatic carbocycles. The molecule has 2 rings (SSSR count). The predicted molar refractivity (Wildman–Crippen MR) is 79.2 cm³/mol. The van der Waals surface area contributed by atoms with Gasteiger partial charge in [0, 0.05) is 23.9 Å². The molecule has 3 nitrogen and oxygen atoms in total. The van der Waals surface area contributed by atoms with Gasteiger partial charge in [0.25, 0.3) is 0 Å². The minimum absolute atomic E-state index is 0.0603. The highest BCUT2D eigenvalue weighted by Gasteiger charge is 2.26. The normalized spacial score (nSPS) is 12.7. The summed E-state index contributed by atoms with van der Waals surface area (Å²) >= 11 is 0. The minimum Gasteiger partial charge on any atom is -0.306 e. The number of rotatable bonds is 5. The second kappa shape index (κ2) is 6.35. The Morgan fingerprint density at radius 2 is 1.81 bits per heavy atom. The lowest BCUT2D eigenvalue weighted by Crippen LogP contribution is -2.26. The number of hydrogen-bond donors (Lipinski definition) is 1. The van der Waals surface area contributed by atoms with Crippen LogP contribution in [-0.4, -0.2) is 16.3 Å². The van der Waals surface area contributed by atoms with Crippen molar-refractivity contribution in [1.29, 1.82) is 0 Å². The number of aryl methyl sites for hydroxylation is 2. The number of hydrogen-bond acceptors (Lipinski definition) is 2. The van der Waals surface area contributed by atoms with Gasteiger partial charge in [-0.15, -0.1) is 0 Å². The van der Waals surface area contributed by atoms with E-state index in [0.29, 0.717) is 6.54 Å². The maximum atomic E-state index is 14.2. The molecule has 0 fully saturated rings. The second-order valence-electron chi connectivity index (χ2n) is 5.23. The Morgan fingerprint density at radius 3 is 2.29 bits per heavy atom. The molecule has 0 saturated carbocycles. The summed E-state index contributed by atoms with van der Waals surface area (Å²) in [4.78, 5) is 0. The number of halogens is 2. The van der Waals surface area contributed by atoms with E-state index in [4.69, 9.17) is 0 Å². The summed E-state index contributed by atoms with van der Waals surface area (Å²) in [6.07, 6.45) is 0.880. The summed E-state index contributed by atoms with van der Waals surface area (Å²) in [5, 5.41) is 7.60. The Balaban J connectivity index is 2.58. The third kappa shape index (κ3) is 2.97. The van der Waals surface area contributed by atoms with E-state index in [9.17, 15) is 8.78 Å². The Labute approximate surface area is 124 Å². The Morgan fingerprint density at radius 1 is 1.19 bits per heavy atom. The van der Waals surface area contributed by atoms with Gasteiger partial charge >= 0.3 is 0 Å². The molecule has 21 heavy (non-hydrogen) atoms. The van der Waals surface area contributed by atoms with Crippen LogP contribution in [0.15, 0.2) is 18.2 Å². The van der Waals surface area contributed by atoms with E-state index in [1.54, 1.807) is 4.68 Å². The lowest BCUT2D eigenvalue weighted by molar-refractivity contribution is 0.501. The molecule has 0 saturated heterocycles. The lowest BCUT2D eigenvalue weighted by Gasteiger charge is -2.21. The SMILES string of the molecule is CCCNC(c1c(F)cccc1F)c1c(C)nn(C)c1C. The van der Waals surface area contributed by atoms with Crippen molar-refractivity contribution < 1.29 is 8.78 Å². The van der Waals surface area contributed by atoms with Crippen molar-refractivity contribution in [3.63, 3.8) is 0 Å². The summed E-state index contributed by atoms with van der Waals surface area (Å²) in [5.74, 6) is -1.07. The largest absolute Gasteiger partial charge is 0.306 e. The minimum atomic E-state index is -0.536. The summed E-state index contributed by atoms with van der Waals surface area (Å²) in [7, 11) is 1.83. The van der Waals surface area contributed by atoms with Crippen molar-refractivity contribution in [1.82, 2.24) is 15.1 Å². The van der Waals surface area contributed by atoms with Gasteiger partial charge in [0.1, 0.15) is 11.6 Å². The summed E-state index contributed by atoms with van der Waals surface area (Å²) in [6.45, 7) is 6.47. The van der Waals surface area contributed by atoms with Crippen molar-refractivity contribution in [2.75, 3.05) is 6.54 Å². The van der Waals surface area contributed by atoms with Crippen LogP contribution in [0.2, 0.25) is 0 Å². The zero-order valence-corrected chi connectivity index (χ0v) is 12.9.